The van der Waals surface area contributed by atoms with Crippen LogP contribution in [-0.4, -0.2) is 118 Å². The number of ether oxygens (including phenoxy) is 1. The van der Waals surface area contributed by atoms with Crippen LogP contribution in [0.15, 0.2) is 24.3 Å². The maximum atomic E-state index is 13.9. The van der Waals surface area contributed by atoms with E-state index in [-0.39, 0.29) is 42.2 Å². The van der Waals surface area contributed by atoms with Crippen molar-refractivity contribution in [1.82, 2.24) is 0 Å². The predicted molar refractivity (Wildman–Crippen MR) is 198 cm³/mol. The highest BCUT2D eigenvalue weighted by Crippen LogP contribution is 2.45. The molecule has 0 radical (unpaired) electrons. The van der Waals surface area contributed by atoms with Crippen LogP contribution in [0.3, 0.4) is 0 Å². The van der Waals surface area contributed by atoms with Gasteiger partial charge in [-0.25, -0.2) is 0 Å². The number of hydrogen-bond acceptors (Lipinski definition) is 4. The van der Waals surface area contributed by atoms with E-state index in [9.17, 15) is 19.5 Å². The molecule has 1 saturated carbocycles. The molecule has 9 nitrogen and oxygen atoms in total. The number of rotatable bonds is 22. The van der Waals surface area contributed by atoms with Gasteiger partial charge in [0, 0.05) is 11.5 Å². The number of hydrogen-bond donors (Lipinski definition) is 2. The number of esters is 1. The number of nitrogens with two attached hydrogens (primary N) is 1. The first kappa shape index (κ1) is 42.7. The summed E-state index contributed by atoms with van der Waals surface area (Å²) in [6.07, 6.45) is 4.84. The van der Waals surface area contributed by atoms with Crippen molar-refractivity contribution in [3.05, 3.63) is 35.4 Å². The molecule has 0 heterocycles. The number of benzene rings is 1. The zero-order valence-electron chi connectivity index (χ0n) is 33.0. The summed E-state index contributed by atoms with van der Waals surface area (Å²) in [6, 6.07) is 8.88. The average Bonchev–Trinajstić information content (AvgIpc) is 3.48. The summed E-state index contributed by atoms with van der Waals surface area (Å²) in [5.41, 5.74) is 8.13. The summed E-state index contributed by atoms with van der Waals surface area (Å²) in [7, 11) is 13.2. The Bertz CT molecular complexity index is 1180. The number of quaternary nitrogens is 3. The number of carbonyl (C=O) groups is 3. The Morgan fingerprint density at radius 3 is 1.88 bits per heavy atom. The topological polar surface area (TPSA) is 107 Å². The molecule has 6 unspecified atom stereocenters. The molecular formula is C40H73N4O5+3. The smallest absolute Gasteiger partial charge is 0.309 e. The van der Waals surface area contributed by atoms with E-state index >= 15 is 0 Å². The van der Waals surface area contributed by atoms with Gasteiger partial charge >= 0.3 is 11.9 Å². The molecular weight excluding hydrogens is 616 g/mol. The van der Waals surface area contributed by atoms with Crippen LogP contribution in [0.4, 0.5) is 0 Å². The molecule has 0 bridgehead atoms. The summed E-state index contributed by atoms with van der Waals surface area (Å²) in [5, 5.41) is 10.4. The fourth-order valence-corrected chi connectivity index (χ4v) is 7.67. The summed E-state index contributed by atoms with van der Waals surface area (Å²) >= 11 is 0. The maximum absolute atomic E-state index is 13.9. The van der Waals surface area contributed by atoms with Crippen molar-refractivity contribution in [2.45, 2.75) is 98.1 Å². The molecule has 1 aliphatic rings. The zero-order valence-corrected chi connectivity index (χ0v) is 33.0. The predicted octanol–water partition coefficient (Wildman–Crippen LogP) is 5.91. The minimum atomic E-state index is -0.834. The Hall–Kier alpha value is -2.49. The molecule has 0 aliphatic heterocycles. The van der Waals surface area contributed by atoms with E-state index < -0.39 is 23.7 Å². The number of aliphatic carboxylic acids is 1. The van der Waals surface area contributed by atoms with Crippen LogP contribution in [0.1, 0.15) is 96.6 Å². The normalized spacial score (nSPS) is 19.8. The highest BCUT2D eigenvalue weighted by molar-refractivity contribution is 5.78. The van der Waals surface area contributed by atoms with E-state index in [0.717, 1.165) is 78.4 Å². The van der Waals surface area contributed by atoms with Gasteiger partial charge in [0.1, 0.15) is 19.6 Å². The largest absolute Gasteiger partial charge is 0.481 e. The summed E-state index contributed by atoms with van der Waals surface area (Å²) in [5.74, 6) is -2.52. The van der Waals surface area contributed by atoms with Crippen molar-refractivity contribution in [2.24, 2.45) is 35.3 Å². The molecule has 49 heavy (non-hydrogen) atoms. The van der Waals surface area contributed by atoms with E-state index in [1.165, 1.54) is 11.1 Å². The third kappa shape index (κ3) is 13.6. The van der Waals surface area contributed by atoms with Crippen molar-refractivity contribution >= 4 is 17.8 Å². The van der Waals surface area contributed by atoms with Crippen LogP contribution in [0.2, 0.25) is 0 Å². The number of nitrogens with zero attached hydrogens (tertiary/aromatic N) is 3. The molecule has 3 N–H and O–H groups in total. The van der Waals surface area contributed by atoms with Gasteiger partial charge in [-0.15, -0.1) is 0 Å². The fourth-order valence-electron chi connectivity index (χ4n) is 7.67. The van der Waals surface area contributed by atoms with Crippen molar-refractivity contribution in [2.75, 3.05) is 75.0 Å². The maximum Gasteiger partial charge on any atom is 0.309 e. The van der Waals surface area contributed by atoms with Gasteiger partial charge < -0.3 is 29.0 Å². The van der Waals surface area contributed by atoms with Crippen molar-refractivity contribution in [3.8, 4) is 0 Å². The molecule has 0 aromatic heterocycles. The molecule has 1 amide bonds. The van der Waals surface area contributed by atoms with Gasteiger partial charge in [0.05, 0.1) is 73.8 Å². The van der Waals surface area contributed by atoms with E-state index in [1.807, 2.05) is 13.8 Å². The lowest BCUT2D eigenvalue weighted by atomic mass is 9.73. The van der Waals surface area contributed by atoms with E-state index in [0.29, 0.717) is 12.8 Å². The number of carbonyl (C=O) groups excluding carboxylic acids is 2. The second kappa shape index (κ2) is 18.7. The summed E-state index contributed by atoms with van der Waals surface area (Å²) in [6.45, 7) is 15.8. The van der Waals surface area contributed by atoms with Gasteiger partial charge in [0.15, 0.2) is 6.10 Å². The van der Waals surface area contributed by atoms with E-state index in [4.69, 9.17) is 10.5 Å². The fraction of sp³-hybridized carbons (Fsp3) is 0.775. The molecule has 1 aromatic rings. The first-order valence-corrected chi connectivity index (χ1v) is 19.0. The third-order valence-corrected chi connectivity index (χ3v) is 11.9. The van der Waals surface area contributed by atoms with Crippen LogP contribution in [-0.2, 0) is 25.7 Å². The number of carboxylic acid groups (broad SMARTS) is 1. The Kier molecular flexibility index (Phi) is 16.3. The lowest BCUT2D eigenvalue weighted by molar-refractivity contribution is -0.912. The molecule has 1 fully saturated rings. The van der Waals surface area contributed by atoms with Gasteiger partial charge in [-0.3, -0.25) is 14.4 Å². The van der Waals surface area contributed by atoms with Gasteiger partial charge in [-0.05, 0) is 76.2 Å². The van der Waals surface area contributed by atoms with Crippen LogP contribution in [0.25, 0.3) is 0 Å². The number of primary amides is 1. The standard InChI is InChI=1S/C40H71N4O5/c1-12-31(38(41)45)25-37(39(46)47)36-18-16-17-33(36)24-34(32-21-19-30(20-22-32)26-42(6,7)13-2)23-29(5)40(48)49-35(27-43(8,9)14-3)28-44(10,11)15-4/h19-22,29,31,33-37H,12-18,23-28H2,1-11H3,(H-2,41,45,46,47)/q+1/p+2. The summed E-state index contributed by atoms with van der Waals surface area (Å²) in [4.78, 5) is 38.6. The lowest BCUT2D eigenvalue weighted by Gasteiger charge is -2.37. The molecule has 6 atom stereocenters. The molecule has 9 heteroatoms. The van der Waals surface area contributed by atoms with Crippen molar-refractivity contribution in [1.29, 1.82) is 0 Å². The van der Waals surface area contributed by atoms with Crippen molar-refractivity contribution < 1.29 is 37.7 Å². The molecule has 0 spiro atoms. The van der Waals surface area contributed by atoms with Crippen LogP contribution in [0.5, 0.6) is 0 Å². The zero-order chi connectivity index (χ0) is 37.2. The van der Waals surface area contributed by atoms with Crippen LogP contribution in [0, 0.1) is 29.6 Å². The molecule has 0 saturated heterocycles. The monoisotopic (exact) mass is 690 g/mol. The molecule has 1 aromatic carbocycles. The minimum absolute atomic E-state index is 0.0231. The number of carboxylic acids is 1. The Morgan fingerprint density at radius 1 is 0.857 bits per heavy atom. The highest BCUT2D eigenvalue weighted by atomic mass is 16.5. The first-order chi connectivity index (χ1) is 22.8. The van der Waals surface area contributed by atoms with Gasteiger partial charge in [0.25, 0.3) is 0 Å². The molecule has 2 rings (SSSR count). The molecule has 280 valence electrons. The average molecular weight is 690 g/mol. The van der Waals surface area contributed by atoms with Crippen LogP contribution >= 0.6 is 0 Å². The Labute approximate surface area is 298 Å². The van der Waals surface area contributed by atoms with Gasteiger partial charge in [-0.2, -0.15) is 0 Å². The van der Waals surface area contributed by atoms with E-state index in [1.54, 1.807) is 0 Å². The Balaban J connectivity index is 2.39. The Morgan fingerprint density at radius 2 is 1.41 bits per heavy atom. The number of amides is 1. The van der Waals surface area contributed by atoms with Crippen LogP contribution < -0.4 is 5.73 Å². The third-order valence-electron chi connectivity index (χ3n) is 11.9. The first-order valence-electron chi connectivity index (χ1n) is 19.0. The second-order valence-corrected chi connectivity index (χ2v) is 17.2. The SMILES string of the molecule is CCC(CC(C(=O)O)C1CCCC1CC(CC(C)C(=O)OC(C[N+](C)(C)CC)C[N+](C)(C)CC)c1ccc(C[N+](C)(C)CC)cc1)C(N)=O. The second-order valence-electron chi connectivity index (χ2n) is 17.2. The molecule has 1 aliphatic carbocycles. The van der Waals surface area contributed by atoms with Gasteiger partial charge in [-0.1, -0.05) is 51.0 Å². The highest BCUT2D eigenvalue weighted by Gasteiger charge is 2.41. The van der Waals surface area contributed by atoms with E-state index in [2.05, 4.69) is 87.3 Å². The lowest BCUT2D eigenvalue weighted by Crippen LogP contribution is -2.54. The number of likely N-dealkylation sites (N-methyl/N-ethyl adjacent to an activating group) is 2. The minimum Gasteiger partial charge on any atom is -0.481 e. The van der Waals surface area contributed by atoms with Gasteiger partial charge in [0.2, 0.25) is 5.91 Å². The van der Waals surface area contributed by atoms with Crippen molar-refractivity contribution in [3.63, 3.8) is 0 Å². The quantitative estimate of drug-likeness (QED) is 0.116. The summed E-state index contributed by atoms with van der Waals surface area (Å²) < 4.78 is 8.82.